The van der Waals surface area contributed by atoms with Gasteiger partial charge in [0.1, 0.15) is 17.0 Å². The molecule has 38 heavy (non-hydrogen) atoms. The van der Waals surface area contributed by atoms with Gasteiger partial charge in [0, 0.05) is 43.1 Å². The van der Waals surface area contributed by atoms with Crippen LogP contribution in [0.15, 0.2) is 36.5 Å². The van der Waals surface area contributed by atoms with E-state index in [1.165, 1.54) is 0 Å². The first kappa shape index (κ1) is 26.9. The summed E-state index contributed by atoms with van der Waals surface area (Å²) in [5, 5.41) is 0. The minimum atomic E-state index is -3.24. The van der Waals surface area contributed by atoms with Crippen molar-refractivity contribution in [1.29, 1.82) is 0 Å². The number of nitrogens with zero attached hydrogens (tertiary/aromatic N) is 2. The second-order valence-corrected chi connectivity index (χ2v) is 14.5. The van der Waals surface area contributed by atoms with Crippen LogP contribution in [0.1, 0.15) is 58.1 Å². The summed E-state index contributed by atoms with van der Waals surface area (Å²) in [4.78, 5) is 18.8. The third-order valence-corrected chi connectivity index (χ3v) is 9.45. The monoisotopic (exact) mass is 542 g/mol. The molecule has 0 aliphatic carbocycles. The number of likely N-dealkylation sites (tertiary alicyclic amines) is 1. The quantitative estimate of drug-likeness (QED) is 0.536. The second-order valence-electron chi connectivity index (χ2n) is 12.5. The molecule has 2 saturated heterocycles. The van der Waals surface area contributed by atoms with E-state index in [4.69, 9.17) is 14.2 Å². The Labute approximate surface area is 225 Å². The number of benzene rings is 1. The highest BCUT2D eigenvalue weighted by atomic mass is 32.2. The Balaban J connectivity index is 1.20. The molecule has 8 nitrogen and oxygen atoms in total. The van der Waals surface area contributed by atoms with Gasteiger partial charge in [0.05, 0.1) is 30.4 Å². The van der Waals surface area contributed by atoms with Gasteiger partial charge in [0.25, 0.3) is 0 Å². The van der Waals surface area contributed by atoms with Crippen molar-refractivity contribution in [2.45, 2.75) is 70.3 Å². The van der Waals surface area contributed by atoms with Crippen molar-refractivity contribution in [1.82, 2.24) is 9.88 Å². The van der Waals surface area contributed by atoms with E-state index in [0.29, 0.717) is 31.9 Å². The topological polar surface area (TPSA) is 95.0 Å². The Kier molecular flexibility index (Phi) is 6.97. The van der Waals surface area contributed by atoms with Crippen LogP contribution >= 0.6 is 0 Å². The van der Waals surface area contributed by atoms with Gasteiger partial charge in [0.15, 0.2) is 9.84 Å². The molecule has 0 N–H and O–H groups in total. The lowest BCUT2D eigenvalue weighted by Crippen LogP contribution is -2.52. The van der Waals surface area contributed by atoms with Gasteiger partial charge >= 0.3 is 6.09 Å². The van der Waals surface area contributed by atoms with Crippen molar-refractivity contribution < 1.29 is 27.4 Å². The molecule has 4 heterocycles. The summed E-state index contributed by atoms with van der Waals surface area (Å²) >= 11 is 0. The molecule has 2 aromatic rings. The fraction of sp³-hybridized carbons (Fsp3) is 0.586. The third kappa shape index (κ3) is 6.15. The highest BCUT2D eigenvalue weighted by molar-refractivity contribution is 7.90. The Morgan fingerprint density at radius 1 is 1.11 bits per heavy atom. The Bertz CT molecular complexity index is 1290. The highest BCUT2D eigenvalue weighted by Gasteiger charge is 2.41. The Morgan fingerprint density at radius 2 is 1.84 bits per heavy atom. The molecule has 0 radical (unpaired) electrons. The summed E-state index contributed by atoms with van der Waals surface area (Å²) < 4.78 is 42.5. The van der Waals surface area contributed by atoms with Crippen LogP contribution in [-0.4, -0.2) is 67.7 Å². The van der Waals surface area contributed by atoms with Crippen LogP contribution in [0.4, 0.5) is 4.79 Å². The maximum absolute atomic E-state index is 12.6. The standard InChI is InChI=1S/C29H38N2O6S/c1-27(2,3)37-26(32)31-13-11-29(12-14-31)10-9-23-15-22(6-8-25(23)36-29)24-7-5-21(16-30-24)17-38(33,34)20-28(4)18-35-19-28/h5-8,15-16H,9-14,17-20H2,1-4H3. The number of piperidine rings is 1. The zero-order valence-electron chi connectivity index (χ0n) is 22.8. The average Bonchev–Trinajstić information content (AvgIpc) is 2.82. The van der Waals surface area contributed by atoms with E-state index in [0.717, 1.165) is 48.3 Å². The molecule has 1 amide bonds. The van der Waals surface area contributed by atoms with E-state index < -0.39 is 15.4 Å². The largest absolute Gasteiger partial charge is 0.487 e. The van der Waals surface area contributed by atoms with Gasteiger partial charge < -0.3 is 19.1 Å². The summed E-state index contributed by atoms with van der Waals surface area (Å²) in [5.41, 5.74) is 2.61. The van der Waals surface area contributed by atoms with Gasteiger partial charge in [-0.1, -0.05) is 13.0 Å². The van der Waals surface area contributed by atoms with Crippen LogP contribution in [0, 0.1) is 5.41 Å². The zero-order valence-corrected chi connectivity index (χ0v) is 23.6. The molecule has 1 aromatic carbocycles. The predicted octanol–water partition coefficient (Wildman–Crippen LogP) is 4.79. The van der Waals surface area contributed by atoms with Gasteiger partial charge in [-0.05, 0) is 69.0 Å². The minimum absolute atomic E-state index is 0.0126. The maximum atomic E-state index is 12.6. The van der Waals surface area contributed by atoms with Crippen molar-refractivity contribution in [3.05, 3.63) is 47.7 Å². The molecule has 1 spiro atoms. The molecular formula is C29H38N2O6S. The predicted molar refractivity (Wildman–Crippen MR) is 145 cm³/mol. The van der Waals surface area contributed by atoms with E-state index in [2.05, 4.69) is 11.1 Å². The Morgan fingerprint density at radius 3 is 2.45 bits per heavy atom. The fourth-order valence-electron chi connectivity index (χ4n) is 5.51. The molecule has 0 saturated carbocycles. The third-order valence-electron chi connectivity index (χ3n) is 7.54. The number of aromatic nitrogens is 1. The summed E-state index contributed by atoms with van der Waals surface area (Å²) in [7, 11) is -3.24. The highest BCUT2D eigenvalue weighted by Crippen LogP contribution is 2.41. The lowest BCUT2D eigenvalue weighted by molar-refractivity contribution is -0.0870. The van der Waals surface area contributed by atoms with Crippen molar-refractivity contribution >= 4 is 15.9 Å². The molecule has 0 bridgehead atoms. The number of rotatable bonds is 5. The summed E-state index contributed by atoms with van der Waals surface area (Å²) in [5.74, 6) is 1.01. The number of hydrogen-bond donors (Lipinski definition) is 0. The molecule has 5 rings (SSSR count). The summed E-state index contributed by atoms with van der Waals surface area (Å²) in [6, 6.07) is 9.87. The van der Waals surface area contributed by atoms with Gasteiger partial charge in [0.2, 0.25) is 0 Å². The van der Waals surface area contributed by atoms with Crippen LogP contribution in [0.3, 0.4) is 0 Å². The number of pyridine rings is 1. The molecule has 9 heteroatoms. The Hall–Kier alpha value is -2.65. The van der Waals surface area contributed by atoms with Crippen LogP contribution in [0.5, 0.6) is 5.75 Å². The molecule has 0 unspecified atom stereocenters. The number of ether oxygens (including phenoxy) is 3. The van der Waals surface area contributed by atoms with Crippen LogP contribution < -0.4 is 4.74 Å². The maximum Gasteiger partial charge on any atom is 0.410 e. The SMILES string of the molecule is CC1(CS(=O)(=O)Cc2ccc(-c3ccc4c(c3)CCC3(CCN(C(=O)OC(C)(C)C)CC3)O4)nc2)COC1. The van der Waals surface area contributed by atoms with Crippen LogP contribution in [-0.2, 0) is 31.5 Å². The first-order valence-electron chi connectivity index (χ1n) is 13.4. The summed E-state index contributed by atoms with van der Waals surface area (Å²) in [6.07, 6.45) is 4.77. The number of amides is 1. The minimum Gasteiger partial charge on any atom is -0.487 e. The molecule has 3 aliphatic rings. The van der Waals surface area contributed by atoms with E-state index in [9.17, 15) is 13.2 Å². The van der Waals surface area contributed by atoms with E-state index in [-0.39, 0.29) is 28.6 Å². The van der Waals surface area contributed by atoms with E-state index in [1.54, 1.807) is 11.1 Å². The molecule has 3 aliphatic heterocycles. The smallest absolute Gasteiger partial charge is 0.410 e. The number of hydrogen-bond acceptors (Lipinski definition) is 7. The normalized spacial score (nSPS) is 20.3. The second kappa shape index (κ2) is 9.83. The first-order valence-corrected chi connectivity index (χ1v) is 15.2. The van der Waals surface area contributed by atoms with Crippen molar-refractivity contribution in [2.75, 3.05) is 32.1 Å². The summed E-state index contributed by atoms with van der Waals surface area (Å²) in [6.45, 7) is 9.84. The molecule has 206 valence electrons. The van der Waals surface area contributed by atoms with Crippen LogP contribution in [0.2, 0.25) is 0 Å². The number of carbonyl (C=O) groups excluding carboxylic acids is 1. The molecular weight excluding hydrogens is 504 g/mol. The lowest BCUT2D eigenvalue weighted by Gasteiger charge is -2.44. The number of aryl methyl sites for hydroxylation is 1. The first-order chi connectivity index (χ1) is 17.8. The van der Waals surface area contributed by atoms with E-state index in [1.807, 2.05) is 52.0 Å². The van der Waals surface area contributed by atoms with Gasteiger partial charge in [-0.25, -0.2) is 13.2 Å². The van der Waals surface area contributed by atoms with Gasteiger partial charge in [-0.2, -0.15) is 0 Å². The van der Waals surface area contributed by atoms with Gasteiger partial charge in [-0.3, -0.25) is 4.98 Å². The lowest BCUT2D eigenvalue weighted by atomic mass is 9.83. The molecule has 0 atom stereocenters. The average molecular weight is 543 g/mol. The molecule has 1 aromatic heterocycles. The van der Waals surface area contributed by atoms with Crippen molar-refractivity contribution in [2.24, 2.45) is 5.41 Å². The molecule has 2 fully saturated rings. The number of sulfone groups is 1. The van der Waals surface area contributed by atoms with Crippen molar-refractivity contribution in [3.63, 3.8) is 0 Å². The number of fused-ring (bicyclic) bond motifs is 1. The van der Waals surface area contributed by atoms with Crippen molar-refractivity contribution in [3.8, 4) is 17.0 Å². The van der Waals surface area contributed by atoms with E-state index >= 15 is 0 Å². The fourth-order valence-corrected chi connectivity index (χ4v) is 7.52. The van der Waals surface area contributed by atoms with Gasteiger partial charge in [-0.15, -0.1) is 0 Å². The zero-order chi connectivity index (χ0) is 27.2. The number of carbonyl (C=O) groups is 1. The van der Waals surface area contributed by atoms with Crippen LogP contribution in [0.25, 0.3) is 11.3 Å².